The molecule has 2 atom stereocenters. The van der Waals surface area contributed by atoms with Gasteiger partial charge in [0.2, 0.25) is 10.0 Å². The van der Waals surface area contributed by atoms with Gasteiger partial charge in [-0.15, -0.1) is 0 Å². The Labute approximate surface area is 201 Å². The van der Waals surface area contributed by atoms with E-state index in [4.69, 9.17) is 4.74 Å². The number of carbonyl (C=O) groups is 1. The maximum atomic E-state index is 13.5. The van der Waals surface area contributed by atoms with E-state index in [1.165, 1.54) is 22.5 Å². The summed E-state index contributed by atoms with van der Waals surface area (Å²) >= 11 is 0. The van der Waals surface area contributed by atoms with Gasteiger partial charge >= 0.3 is 0 Å². The molecular formula is C26H33FN2O4S. The first-order valence-corrected chi connectivity index (χ1v) is 13.4. The van der Waals surface area contributed by atoms with Gasteiger partial charge in [0.1, 0.15) is 5.82 Å². The lowest BCUT2D eigenvalue weighted by Gasteiger charge is -2.38. The first-order chi connectivity index (χ1) is 16.2. The SMILES string of the molecule is CC1CC(C)CN(S(=O)(=O)c2cccc(C(=O)NCC3(c4ccc(F)cc4)CCOCC3)c2)C1. The van der Waals surface area contributed by atoms with Gasteiger partial charge in [-0.1, -0.05) is 32.0 Å². The van der Waals surface area contributed by atoms with Crippen molar-refractivity contribution in [1.82, 2.24) is 9.62 Å². The van der Waals surface area contributed by atoms with Crippen LogP contribution in [0.1, 0.15) is 49.0 Å². The number of piperidine rings is 1. The first kappa shape index (κ1) is 24.8. The van der Waals surface area contributed by atoms with E-state index in [0.29, 0.717) is 63.1 Å². The predicted molar refractivity (Wildman–Crippen MR) is 129 cm³/mol. The van der Waals surface area contributed by atoms with Crippen molar-refractivity contribution in [3.8, 4) is 0 Å². The molecule has 0 saturated carbocycles. The number of sulfonamides is 1. The minimum Gasteiger partial charge on any atom is -0.381 e. The molecule has 2 aliphatic rings. The van der Waals surface area contributed by atoms with Gasteiger partial charge in [-0.05, 0) is 67.0 Å². The molecule has 0 aliphatic carbocycles. The van der Waals surface area contributed by atoms with Crippen LogP contribution in [0.4, 0.5) is 4.39 Å². The number of hydrogen-bond acceptors (Lipinski definition) is 4. The molecule has 2 aromatic carbocycles. The molecule has 0 bridgehead atoms. The maximum Gasteiger partial charge on any atom is 0.251 e. The summed E-state index contributed by atoms with van der Waals surface area (Å²) in [6.07, 6.45) is 2.42. The molecule has 0 aromatic heterocycles. The quantitative estimate of drug-likeness (QED) is 0.668. The zero-order valence-corrected chi connectivity index (χ0v) is 20.6. The Kier molecular flexibility index (Phi) is 7.40. The Hall–Kier alpha value is -2.29. The predicted octanol–water partition coefficient (Wildman–Crippen LogP) is 3.97. The number of hydrogen-bond donors (Lipinski definition) is 1. The molecular weight excluding hydrogens is 455 g/mol. The van der Waals surface area contributed by atoms with Crippen LogP contribution in [-0.4, -0.2) is 51.5 Å². The number of nitrogens with one attached hydrogen (secondary N) is 1. The first-order valence-electron chi connectivity index (χ1n) is 11.9. The highest BCUT2D eigenvalue weighted by Crippen LogP contribution is 2.34. The number of halogens is 1. The Morgan fingerprint density at radius 3 is 2.38 bits per heavy atom. The second-order valence-electron chi connectivity index (χ2n) is 9.88. The van der Waals surface area contributed by atoms with Gasteiger partial charge in [0.15, 0.2) is 0 Å². The van der Waals surface area contributed by atoms with E-state index in [0.717, 1.165) is 12.0 Å². The van der Waals surface area contributed by atoms with Crippen molar-refractivity contribution in [3.05, 3.63) is 65.5 Å². The zero-order valence-electron chi connectivity index (χ0n) is 19.8. The number of ether oxygens (including phenoxy) is 1. The fraction of sp³-hybridized carbons (Fsp3) is 0.500. The largest absolute Gasteiger partial charge is 0.381 e. The lowest BCUT2D eigenvalue weighted by Crippen LogP contribution is -2.44. The van der Waals surface area contributed by atoms with Crippen LogP contribution >= 0.6 is 0 Å². The van der Waals surface area contributed by atoms with Gasteiger partial charge in [-0.2, -0.15) is 4.31 Å². The van der Waals surface area contributed by atoms with Crippen molar-refractivity contribution < 1.29 is 22.3 Å². The van der Waals surface area contributed by atoms with Crippen molar-refractivity contribution in [1.29, 1.82) is 0 Å². The molecule has 8 heteroatoms. The van der Waals surface area contributed by atoms with Crippen LogP contribution in [0.15, 0.2) is 53.4 Å². The molecule has 2 saturated heterocycles. The molecule has 1 N–H and O–H groups in total. The summed E-state index contributed by atoms with van der Waals surface area (Å²) in [5.74, 6) is -0.0322. The number of carbonyl (C=O) groups excluding carboxylic acids is 1. The number of benzene rings is 2. The monoisotopic (exact) mass is 488 g/mol. The summed E-state index contributed by atoms with van der Waals surface area (Å²) < 4.78 is 47.1. The molecule has 2 aliphatic heterocycles. The summed E-state index contributed by atoms with van der Waals surface area (Å²) in [5, 5.41) is 3.00. The van der Waals surface area contributed by atoms with E-state index >= 15 is 0 Å². The summed E-state index contributed by atoms with van der Waals surface area (Å²) in [7, 11) is -3.68. The van der Waals surface area contributed by atoms with E-state index in [2.05, 4.69) is 19.2 Å². The third-order valence-electron chi connectivity index (χ3n) is 7.06. The molecule has 4 rings (SSSR count). The van der Waals surface area contributed by atoms with Crippen molar-refractivity contribution in [3.63, 3.8) is 0 Å². The highest BCUT2D eigenvalue weighted by molar-refractivity contribution is 7.89. The molecule has 34 heavy (non-hydrogen) atoms. The van der Waals surface area contributed by atoms with Gasteiger partial charge in [-0.25, -0.2) is 12.8 Å². The molecule has 184 valence electrons. The fourth-order valence-electron chi connectivity index (χ4n) is 5.23. The van der Waals surface area contributed by atoms with E-state index in [1.807, 2.05) is 0 Å². The van der Waals surface area contributed by atoms with Crippen LogP contribution in [0.3, 0.4) is 0 Å². The summed E-state index contributed by atoms with van der Waals surface area (Å²) in [6, 6.07) is 12.7. The fourth-order valence-corrected chi connectivity index (χ4v) is 6.96. The molecule has 6 nitrogen and oxygen atoms in total. The van der Waals surface area contributed by atoms with Crippen LogP contribution in [0.2, 0.25) is 0 Å². The van der Waals surface area contributed by atoms with Gasteiger partial charge in [0.25, 0.3) is 5.91 Å². The maximum absolute atomic E-state index is 13.5. The molecule has 2 fully saturated rings. The van der Waals surface area contributed by atoms with Gasteiger partial charge in [0.05, 0.1) is 4.90 Å². The van der Waals surface area contributed by atoms with E-state index < -0.39 is 10.0 Å². The molecule has 2 aromatic rings. The summed E-state index contributed by atoms with van der Waals surface area (Å²) in [6.45, 7) is 6.60. The molecule has 1 amide bonds. The highest BCUT2D eigenvalue weighted by Gasteiger charge is 2.35. The minimum atomic E-state index is -3.68. The second-order valence-corrected chi connectivity index (χ2v) is 11.8. The van der Waals surface area contributed by atoms with Crippen LogP contribution in [0.5, 0.6) is 0 Å². The summed E-state index contributed by atoms with van der Waals surface area (Å²) in [4.78, 5) is 13.2. The Balaban J connectivity index is 1.51. The van der Waals surface area contributed by atoms with Crippen molar-refractivity contribution in [2.24, 2.45) is 11.8 Å². The van der Waals surface area contributed by atoms with Crippen molar-refractivity contribution in [2.75, 3.05) is 32.8 Å². The van der Waals surface area contributed by atoms with Crippen LogP contribution in [-0.2, 0) is 20.2 Å². The Morgan fingerprint density at radius 1 is 1.09 bits per heavy atom. The normalized spacial score (nSPS) is 23.4. The van der Waals surface area contributed by atoms with Gasteiger partial charge < -0.3 is 10.1 Å². The second kappa shape index (κ2) is 10.1. The van der Waals surface area contributed by atoms with Crippen molar-refractivity contribution >= 4 is 15.9 Å². The Bertz CT molecular complexity index is 1100. The van der Waals surface area contributed by atoms with E-state index in [9.17, 15) is 17.6 Å². The van der Waals surface area contributed by atoms with E-state index in [-0.39, 0.29) is 22.0 Å². The van der Waals surface area contributed by atoms with Gasteiger partial charge in [0, 0.05) is 43.8 Å². The molecule has 2 unspecified atom stereocenters. The highest BCUT2D eigenvalue weighted by atomic mass is 32.2. The standard InChI is InChI=1S/C26H33FN2O4S/c1-19-14-20(2)17-29(16-19)34(31,32)24-5-3-4-21(15-24)25(30)28-18-26(10-12-33-13-11-26)22-6-8-23(27)9-7-22/h3-9,15,19-20H,10-14,16-18H2,1-2H3,(H,28,30). The average Bonchev–Trinajstić information content (AvgIpc) is 2.83. The minimum absolute atomic E-state index is 0.140. The van der Waals surface area contributed by atoms with Crippen LogP contribution in [0, 0.1) is 17.7 Å². The average molecular weight is 489 g/mol. The number of rotatable bonds is 6. The van der Waals surface area contributed by atoms with E-state index in [1.54, 1.807) is 30.3 Å². The van der Waals surface area contributed by atoms with Crippen molar-refractivity contribution in [2.45, 2.75) is 43.4 Å². The molecule has 2 heterocycles. The third-order valence-corrected chi connectivity index (χ3v) is 8.89. The third kappa shape index (κ3) is 5.34. The Morgan fingerprint density at radius 2 is 1.74 bits per heavy atom. The number of nitrogens with zero attached hydrogens (tertiary/aromatic N) is 1. The lowest BCUT2D eigenvalue weighted by molar-refractivity contribution is 0.0487. The molecule has 0 radical (unpaired) electrons. The lowest BCUT2D eigenvalue weighted by atomic mass is 9.74. The van der Waals surface area contributed by atoms with Crippen LogP contribution < -0.4 is 5.32 Å². The van der Waals surface area contributed by atoms with Gasteiger partial charge in [-0.3, -0.25) is 4.79 Å². The number of amides is 1. The molecule has 0 spiro atoms. The summed E-state index contributed by atoms with van der Waals surface area (Å²) in [5.41, 5.74) is 0.911. The van der Waals surface area contributed by atoms with Crippen LogP contribution in [0.25, 0.3) is 0 Å². The zero-order chi connectivity index (χ0) is 24.3. The smallest absolute Gasteiger partial charge is 0.251 e. The topological polar surface area (TPSA) is 75.7 Å².